The first-order valence-corrected chi connectivity index (χ1v) is 8.69. The summed E-state index contributed by atoms with van der Waals surface area (Å²) in [6, 6.07) is 15.4. The molecule has 2 aromatic rings. The van der Waals surface area contributed by atoms with Crippen molar-refractivity contribution < 1.29 is 14.3 Å². The predicted molar refractivity (Wildman–Crippen MR) is 101 cm³/mol. The van der Waals surface area contributed by atoms with Gasteiger partial charge in [-0.3, -0.25) is 9.69 Å². The molecule has 0 atom stereocenters. The quantitative estimate of drug-likeness (QED) is 0.608. The molecule has 0 radical (unpaired) electrons. The smallest absolute Gasteiger partial charge is 0.176 e. The van der Waals surface area contributed by atoms with Gasteiger partial charge < -0.3 is 9.47 Å². The molecule has 2 aromatic carbocycles. The standard InChI is InChI=1S/C21H27NO3/c1-4-5-13-22(16-19(23)18-9-7-6-8-10-18)15-17-11-12-20(24-2)21(14-17)25-3/h6-12,14H,4-5,13,15-16H2,1-3H3. The second-order valence-electron chi connectivity index (χ2n) is 6.04. The second-order valence-corrected chi connectivity index (χ2v) is 6.04. The Morgan fingerprint density at radius 2 is 1.72 bits per heavy atom. The fourth-order valence-electron chi connectivity index (χ4n) is 2.75. The van der Waals surface area contributed by atoms with Crippen LogP contribution in [0.2, 0.25) is 0 Å². The number of unbranched alkanes of at least 4 members (excludes halogenated alkanes) is 1. The Hall–Kier alpha value is -2.33. The Kier molecular flexibility index (Phi) is 7.48. The Labute approximate surface area is 150 Å². The SMILES string of the molecule is CCCCN(CC(=O)c1ccccc1)Cc1ccc(OC)c(OC)c1. The average molecular weight is 341 g/mol. The molecule has 0 N–H and O–H groups in total. The molecule has 0 bridgehead atoms. The highest BCUT2D eigenvalue weighted by Gasteiger charge is 2.14. The maximum Gasteiger partial charge on any atom is 0.176 e. The van der Waals surface area contributed by atoms with E-state index in [1.807, 2.05) is 48.5 Å². The van der Waals surface area contributed by atoms with Gasteiger partial charge in [0.05, 0.1) is 20.8 Å². The van der Waals surface area contributed by atoms with Crippen molar-refractivity contribution in [1.29, 1.82) is 0 Å². The lowest BCUT2D eigenvalue weighted by molar-refractivity contribution is 0.0924. The van der Waals surface area contributed by atoms with Crippen LogP contribution < -0.4 is 9.47 Å². The molecule has 0 aliphatic rings. The minimum absolute atomic E-state index is 0.150. The summed E-state index contributed by atoms with van der Waals surface area (Å²) in [5, 5.41) is 0. The van der Waals surface area contributed by atoms with Gasteiger partial charge >= 0.3 is 0 Å². The summed E-state index contributed by atoms with van der Waals surface area (Å²) in [5.41, 5.74) is 1.87. The van der Waals surface area contributed by atoms with Crippen LogP contribution in [0.1, 0.15) is 35.7 Å². The van der Waals surface area contributed by atoms with Crippen molar-refractivity contribution in [3.63, 3.8) is 0 Å². The molecule has 0 fully saturated rings. The molecular formula is C21H27NO3. The number of carbonyl (C=O) groups excluding carboxylic acids is 1. The number of methoxy groups -OCH3 is 2. The van der Waals surface area contributed by atoms with Gasteiger partial charge in [0.2, 0.25) is 0 Å². The first-order valence-electron chi connectivity index (χ1n) is 8.69. The van der Waals surface area contributed by atoms with Crippen molar-refractivity contribution in [3.8, 4) is 11.5 Å². The Bertz CT molecular complexity index is 670. The van der Waals surface area contributed by atoms with Gasteiger partial charge in [0.15, 0.2) is 17.3 Å². The summed E-state index contributed by atoms with van der Waals surface area (Å²) in [4.78, 5) is 14.7. The highest BCUT2D eigenvalue weighted by molar-refractivity contribution is 5.97. The van der Waals surface area contributed by atoms with E-state index in [-0.39, 0.29) is 5.78 Å². The number of Topliss-reactive ketones (excluding diaryl/α,β-unsaturated/α-hetero) is 1. The van der Waals surface area contributed by atoms with Crippen LogP contribution in [-0.4, -0.2) is 38.0 Å². The van der Waals surface area contributed by atoms with E-state index in [2.05, 4.69) is 11.8 Å². The topological polar surface area (TPSA) is 38.8 Å². The van der Waals surface area contributed by atoms with E-state index in [0.717, 1.165) is 30.5 Å². The molecule has 0 unspecified atom stereocenters. The summed E-state index contributed by atoms with van der Waals surface area (Å²) in [7, 11) is 3.26. The van der Waals surface area contributed by atoms with Gasteiger partial charge in [0.1, 0.15) is 0 Å². The first kappa shape index (κ1) is 19.0. The van der Waals surface area contributed by atoms with E-state index < -0.39 is 0 Å². The fraction of sp³-hybridized carbons (Fsp3) is 0.381. The van der Waals surface area contributed by atoms with Gasteiger partial charge in [0, 0.05) is 12.1 Å². The van der Waals surface area contributed by atoms with E-state index in [0.29, 0.717) is 24.6 Å². The van der Waals surface area contributed by atoms with E-state index >= 15 is 0 Å². The van der Waals surface area contributed by atoms with Crippen molar-refractivity contribution in [2.75, 3.05) is 27.3 Å². The lowest BCUT2D eigenvalue weighted by Crippen LogP contribution is -2.30. The largest absolute Gasteiger partial charge is 0.493 e. The molecule has 0 heterocycles. The third-order valence-corrected chi connectivity index (χ3v) is 4.15. The molecule has 4 nitrogen and oxygen atoms in total. The number of nitrogens with zero attached hydrogens (tertiary/aromatic N) is 1. The summed E-state index contributed by atoms with van der Waals surface area (Å²) < 4.78 is 10.7. The average Bonchev–Trinajstić information content (AvgIpc) is 2.66. The molecule has 0 aliphatic carbocycles. The van der Waals surface area contributed by atoms with Crippen molar-refractivity contribution in [2.45, 2.75) is 26.3 Å². The first-order chi connectivity index (χ1) is 12.2. The fourth-order valence-corrected chi connectivity index (χ4v) is 2.75. The molecule has 134 valence electrons. The molecule has 4 heteroatoms. The van der Waals surface area contributed by atoms with E-state index in [4.69, 9.17) is 9.47 Å². The van der Waals surface area contributed by atoms with Gasteiger partial charge in [0.25, 0.3) is 0 Å². The molecule has 0 saturated heterocycles. The summed E-state index contributed by atoms with van der Waals surface area (Å²) in [5.74, 6) is 1.58. The minimum Gasteiger partial charge on any atom is -0.493 e. The van der Waals surface area contributed by atoms with Crippen molar-refractivity contribution in [2.24, 2.45) is 0 Å². The van der Waals surface area contributed by atoms with Crippen LogP contribution in [0.5, 0.6) is 11.5 Å². The summed E-state index contributed by atoms with van der Waals surface area (Å²) in [6.07, 6.45) is 2.16. The van der Waals surface area contributed by atoms with Gasteiger partial charge in [-0.1, -0.05) is 49.7 Å². The van der Waals surface area contributed by atoms with Gasteiger partial charge in [-0.25, -0.2) is 0 Å². The maximum absolute atomic E-state index is 12.5. The predicted octanol–water partition coefficient (Wildman–Crippen LogP) is 4.19. The van der Waals surface area contributed by atoms with Crippen LogP contribution in [0, 0.1) is 0 Å². The van der Waals surface area contributed by atoms with E-state index in [1.165, 1.54) is 0 Å². The number of hydrogen-bond acceptors (Lipinski definition) is 4. The Morgan fingerprint density at radius 1 is 1.00 bits per heavy atom. The van der Waals surface area contributed by atoms with Crippen LogP contribution in [0.3, 0.4) is 0 Å². The van der Waals surface area contributed by atoms with Gasteiger partial charge in [-0.05, 0) is 30.7 Å². The van der Waals surface area contributed by atoms with Crippen LogP contribution >= 0.6 is 0 Å². The van der Waals surface area contributed by atoms with Crippen LogP contribution in [0.4, 0.5) is 0 Å². The molecule has 0 amide bonds. The van der Waals surface area contributed by atoms with Crippen molar-refractivity contribution in [3.05, 3.63) is 59.7 Å². The van der Waals surface area contributed by atoms with Crippen LogP contribution in [0.15, 0.2) is 48.5 Å². The zero-order chi connectivity index (χ0) is 18.1. The third-order valence-electron chi connectivity index (χ3n) is 4.15. The minimum atomic E-state index is 0.150. The molecule has 0 aromatic heterocycles. The Balaban J connectivity index is 2.10. The monoisotopic (exact) mass is 341 g/mol. The van der Waals surface area contributed by atoms with Crippen molar-refractivity contribution >= 4 is 5.78 Å². The number of ether oxygens (including phenoxy) is 2. The van der Waals surface area contributed by atoms with E-state index in [9.17, 15) is 4.79 Å². The molecule has 2 rings (SSSR count). The zero-order valence-corrected chi connectivity index (χ0v) is 15.3. The highest BCUT2D eigenvalue weighted by Crippen LogP contribution is 2.28. The highest BCUT2D eigenvalue weighted by atomic mass is 16.5. The number of ketones is 1. The van der Waals surface area contributed by atoms with E-state index in [1.54, 1.807) is 14.2 Å². The van der Waals surface area contributed by atoms with Crippen LogP contribution in [-0.2, 0) is 6.54 Å². The normalized spacial score (nSPS) is 10.7. The molecule has 0 saturated carbocycles. The summed E-state index contributed by atoms with van der Waals surface area (Å²) >= 11 is 0. The zero-order valence-electron chi connectivity index (χ0n) is 15.3. The van der Waals surface area contributed by atoms with Crippen LogP contribution in [0.25, 0.3) is 0 Å². The van der Waals surface area contributed by atoms with Crippen molar-refractivity contribution in [1.82, 2.24) is 4.90 Å². The molecule has 0 spiro atoms. The second kappa shape index (κ2) is 9.84. The van der Waals surface area contributed by atoms with Gasteiger partial charge in [-0.15, -0.1) is 0 Å². The number of hydrogen-bond donors (Lipinski definition) is 0. The lowest BCUT2D eigenvalue weighted by atomic mass is 10.1. The molecule has 0 aliphatic heterocycles. The summed E-state index contributed by atoms with van der Waals surface area (Å²) in [6.45, 7) is 4.17. The third kappa shape index (κ3) is 5.61. The number of benzene rings is 2. The number of rotatable bonds is 10. The maximum atomic E-state index is 12.5. The van der Waals surface area contributed by atoms with Gasteiger partial charge in [-0.2, -0.15) is 0 Å². The number of carbonyl (C=O) groups is 1. The lowest BCUT2D eigenvalue weighted by Gasteiger charge is -2.22. The molecular weight excluding hydrogens is 314 g/mol. The molecule has 25 heavy (non-hydrogen) atoms. The Morgan fingerprint density at radius 3 is 2.36 bits per heavy atom.